The monoisotopic (exact) mass is 232 g/mol. The van der Waals surface area contributed by atoms with Crippen molar-refractivity contribution < 1.29 is 9.47 Å². The van der Waals surface area contributed by atoms with Crippen molar-refractivity contribution in [1.82, 2.24) is 0 Å². The van der Waals surface area contributed by atoms with E-state index >= 15 is 0 Å². The Balaban J connectivity index is 3.07. The Kier molecular flexibility index (Phi) is 4.11. The lowest BCUT2D eigenvalue weighted by Gasteiger charge is -2.07. The minimum absolute atomic E-state index is 0.206. The average molecular weight is 233 g/mol. The summed E-state index contributed by atoms with van der Waals surface area (Å²) in [4.78, 5) is 0. The van der Waals surface area contributed by atoms with Gasteiger partial charge >= 0.3 is 0 Å². The highest BCUT2D eigenvalue weighted by atomic mass is 35.5. The Morgan fingerprint density at radius 1 is 1.14 bits per heavy atom. The third-order valence-electron chi connectivity index (χ3n) is 1.68. The summed E-state index contributed by atoms with van der Waals surface area (Å²) >= 11 is 11.1. The third kappa shape index (κ3) is 2.82. The number of halogens is 2. The standard InChI is InChI=1S/C10H10Cl2O2/c1-13-8-4-3-7(6-10(11)12)5-9(8)14-2/h3-6H,1-2H3. The molecule has 0 unspecified atom stereocenters. The number of benzene rings is 1. The van der Waals surface area contributed by atoms with E-state index in [0.717, 1.165) is 5.56 Å². The van der Waals surface area contributed by atoms with E-state index in [1.54, 1.807) is 32.4 Å². The Bertz CT molecular complexity index is 344. The Hall–Kier alpha value is -0.860. The molecule has 0 saturated heterocycles. The van der Waals surface area contributed by atoms with Crippen LogP contribution in [0, 0.1) is 0 Å². The fraction of sp³-hybridized carbons (Fsp3) is 0.200. The number of ether oxygens (including phenoxy) is 2. The summed E-state index contributed by atoms with van der Waals surface area (Å²) in [6.45, 7) is 0. The first kappa shape index (κ1) is 11.2. The molecule has 0 amide bonds. The van der Waals surface area contributed by atoms with Crippen LogP contribution in [-0.2, 0) is 0 Å². The minimum Gasteiger partial charge on any atom is -0.493 e. The SMILES string of the molecule is COc1ccc(C=C(Cl)Cl)cc1OC. The van der Waals surface area contributed by atoms with Gasteiger partial charge in [-0.15, -0.1) is 0 Å². The largest absolute Gasteiger partial charge is 0.493 e. The summed E-state index contributed by atoms with van der Waals surface area (Å²) in [5.74, 6) is 1.33. The van der Waals surface area contributed by atoms with Crippen LogP contribution in [-0.4, -0.2) is 14.2 Å². The first-order valence-electron chi connectivity index (χ1n) is 3.92. The van der Waals surface area contributed by atoms with Crippen LogP contribution in [0.5, 0.6) is 11.5 Å². The average Bonchev–Trinajstić information content (AvgIpc) is 2.16. The van der Waals surface area contributed by atoms with Gasteiger partial charge in [-0.3, -0.25) is 0 Å². The van der Waals surface area contributed by atoms with Gasteiger partial charge in [-0.25, -0.2) is 0 Å². The van der Waals surface area contributed by atoms with Gasteiger partial charge in [-0.2, -0.15) is 0 Å². The van der Waals surface area contributed by atoms with Gasteiger partial charge in [0.15, 0.2) is 11.5 Å². The predicted molar refractivity (Wildman–Crippen MR) is 59.2 cm³/mol. The van der Waals surface area contributed by atoms with E-state index < -0.39 is 0 Å². The smallest absolute Gasteiger partial charge is 0.161 e. The highest BCUT2D eigenvalue weighted by Crippen LogP contribution is 2.28. The molecule has 0 bridgehead atoms. The number of hydrogen-bond acceptors (Lipinski definition) is 2. The van der Waals surface area contributed by atoms with Crippen molar-refractivity contribution in [3.05, 3.63) is 28.3 Å². The van der Waals surface area contributed by atoms with Crippen LogP contribution in [0.2, 0.25) is 0 Å². The maximum absolute atomic E-state index is 5.54. The molecule has 1 rings (SSSR count). The second-order valence-electron chi connectivity index (χ2n) is 2.55. The molecule has 14 heavy (non-hydrogen) atoms. The lowest BCUT2D eigenvalue weighted by Crippen LogP contribution is -1.90. The molecule has 0 fully saturated rings. The highest BCUT2D eigenvalue weighted by molar-refractivity contribution is 6.57. The van der Waals surface area contributed by atoms with Crippen molar-refractivity contribution in [2.75, 3.05) is 14.2 Å². The fourth-order valence-corrected chi connectivity index (χ4v) is 1.32. The van der Waals surface area contributed by atoms with E-state index in [9.17, 15) is 0 Å². The Labute approximate surface area is 93.0 Å². The number of rotatable bonds is 3. The molecular weight excluding hydrogens is 223 g/mol. The summed E-state index contributed by atoms with van der Waals surface area (Å²) in [6, 6.07) is 5.43. The van der Waals surface area contributed by atoms with Crippen LogP contribution < -0.4 is 9.47 Å². The maximum Gasteiger partial charge on any atom is 0.161 e. The number of methoxy groups -OCH3 is 2. The van der Waals surface area contributed by atoms with Crippen molar-refractivity contribution in [2.24, 2.45) is 0 Å². The van der Waals surface area contributed by atoms with Gasteiger partial charge in [-0.05, 0) is 23.8 Å². The molecule has 0 saturated carbocycles. The van der Waals surface area contributed by atoms with Crippen molar-refractivity contribution in [3.8, 4) is 11.5 Å². The van der Waals surface area contributed by atoms with Crippen LogP contribution >= 0.6 is 23.2 Å². The molecular formula is C10H10Cl2O2. The zero-order valence-corrected chi connectivity index (χ0v) is 9.39. The van der Waals surface area contributed by atoms with Crippen LogP contribution in [0.15, 0.2) is 22.7 Å². The number of hydrogen-bond donors (Lipinski definition) is 0. The molecule has 0 heterocycles. The summed E-state index contributed by atoms with van der Waals surface area (Å²) < 4.78 is 10.4. The van der Waals surface area contributed by atoms with Crippen LogP contribution in [0.4, 0.5) is 0 Å². The van der Waals surface area contributed by atoms with Crippen molar-refractivity contribution in [1.29, 1.82) is 0 Å². The van der Waals surface area contributed by atoms with Crippen molar-refractivity contribution in [2.45, 2.75) is 0 Å². The normalized spacial score (nSPS) is 9.43. The van der Waals surface area contributed by atoms with Gasteiger partial charge in [0.05, 0.1) is 14.2 Å². The molecule has 1 aromatic rings. The molecule has 0 N–H and O–H groups in total. The Morgan fingerprint density at radius 3 is 2.29 bits per heavy atom. The summed E-state index contributed by atoms with van der Waals surface area (Å²) in [5.41, 5.74) is 0.864. The van der Waals surface area contributed by atoms with E-state index in [4.69, 9.17) is 32.7 Å². The van der Waals surface area contributed by atoms with Gasteiger partial charge in [0.2, 0.25) is 0 Å². The molecule has 76 valence electrons. The predicted octanol–water partition coefficient (Wildman–Crippen LogP) is 3.48. The molecule has 0 radical (unpaired) electrons. The Morgan fingerprint density at radius 2 is 1.79 bits per heavy atom. The molecule has 2 nitrogen and oxygen atoms in total. The van der Waals surface area contributed by atoms with E-state index in [1.807, 2.05) is 6.07 Å². The topological polar surface area (TPSA) is 18.5 Å². The van der Waals surface area contributed by atoms with Gasteiger partial charge in [0, 0.05) is 0 Å². The van der Waals surface area contributed by atoms with Crippen LogP contribution in [0.25, 0.3) is 6.08 Å². The van der Waals surface area contributed by atoms with Gasteiger partial charge in [0.1, 0.15) is 4.49 Å². The fourth-order valence-electron chi connectivity index (χ4n) is 1.07. The maximum atomic E-state index is 5.54. The van der Waals surface area contributed by atoms with E-state index in [0.29, 0.717) is 11.5 Å². The van der Waals surface area contributed by atoms with Gasteiger partial charge in [-0.1, -0.05) is 29.3 Å². The lowest BCUT2D eigenvalue weighted by molar-refractivity contribution is 0.355. The first-order valence-corrected chi connectivity index (χ1v) is 4.67. The molecule has 0 aliphatic heterocycles. The summed E-state index contributed by atoms with van der Waals surface area (Å²) in [7, 11) is 3.16. The van der Waals surface area contributed by atoms with Gasteiger partial charge in [0.25, 0.3) is 0 Å². The highest BCUT2D eigenvalue weighted by Gasteiger charge is 2.02. The summed E-state index contributed by atoms with van der Waals surface area (Å²) in [5, 5.41) is 0. The second-order valence-corrected chi connectivity index (χ2v) is 3.56. The lowest BCUT2D eigenvalue weighted by atomic mass is 10.2. The zero-order chi connectivity index (χ0) is 10.6. The molecule has 0 atom stereocenters. The van der Waals surface area contributed by atoms with Crippen LogP contribution in [0.1, 0.15) is 5.56 Å². The van der Waals surface area contributed by atoms with Gasteiger partial charge < -0.3 is 9.47 Å². The van der Waals surface area contributed by atoms with Crippen molar-refractivity contribution >= 4 is 29.3 Å². The van der Waals surface area contributed by atoms with E-state index in [-0.39, 0.29) is 4.49 Å². The first-order chi connectivity index (χ1) is 6.67. The molecule has 0 aromatic heterocycles. The minimum atomic E-state index is 0.206. The van der Waals surface area contributed by atoms with E-state index in [1.165, 1.54) is 0 Å². The second kappa shape index (κ2) is 5.13. The van der Waals surface area contributed by atoms with Crippen LogP contribution in [0.3, 0.4) is 0 Å². The molecule has 4 heteroatoms. The zero-order valence-electron chi connectivity index (χ0n) is 7.88. The summed E-state index contributed by atoms with van der Waals surface area (Å²) in [6.07, 6.45) is 1.63. The van der Waals surface area contributed by atoms with E-state index in [2.05, 4.69) is 0 Å². The van der Waals surface area contributed by atoms with Crippen molar-refractivity contribution in [3.63, 3.8) is 0 Å². The molecule has 1 aromatic carbocycles. The molecule has 0 spiro atoms. The molecule has 0 aliphatic carbocycles. The quantitative estimate of drug-likeness (QED) is 0.795. The molecule has 0 aliphatic rings. The third-order valence-corrected chi connectivity index (χ3v) is 1.90.